The molecule has 0 bridgehead atoms. The number of benzene rings is 9. The van der Waals surface area contributed by atoms with Gasteiger partial charge in [-0.15, -0.1) is 11.3 Å². The van der Waals surface area contributed by atoms with Crippen LogP contribution in [-0.2, 0) is 0 Å². The molecule has 0 radical (unpaired) electrons. The molecule has 0 spiro atoms. The molecule has 2 aromatic heterocycles. The molecular formula is C50H31NOS. The third-order valence-corrected chi connectivity index (χ3v) is 11.8. The Bertz CT molecular complexity index is 3170. The summed E-state index contributed by atoms with van der Waals surface area (Å²) in [4.78, 5) is 2.35. The van der Waals surface area contributed by atoms with Crippen LogP contribution in [0.1, 0.15) is 0 Å². The maximum atomic E-state index is 6.15. The molecule has 0 amide bonds. The first-order chi connectivity index (χ1) is 26.2. The number of rotatable bonds is 5. The SMILES string of the molecule is c1ccc(N(c2ccc(-c3cccc4c3sc3ccccc34)cc2)c2ccc3cc(-c4ccc5c(ccc6oc7ccccc7c65)c4)ccc3c2)cc1. The van der Waals surface area contributed by atoms with E-state index in [2.05, 4.69) is 181 Å². The van der Waals surface area contributed by atoms with Crippen molar-refractivity contribution in [2.24, 2.45) is 0 Å². The first-order valence-corrected chi connectivity index (χ1v) is 18.8. The van der Waals surface area contributed by atoms with Gasteiger partial charge in [0.1, 0.15) is 11.2 Å². The molecule has 53 heavy (non-hydrogen) atoms. The highest BCUT2D eigenvalue weighted by molar-refractivity contribution is 7.26. The summed E-state index contributed by atoms with van der Waals surface area (Å²) in [6.45, 7) is 0. The Labute approximate surface area is 310 Å². The van der Waals surface area contributed by atoms with Crippen molar-refractivity contribution in [1.29, 1.82) is 0 Å². The second-order valence-corrected chi connectivity index (χ2v) is 14.8. The molecule has 3 heteroatoms. The molecule has 0 atom stereocenters. The van der Waals surface area contributed by atoms with E-state index in [4.69, 9.17) is 4.42 Å². The molecule has 0 saturated heterocycles. The predicted molar refractivity (Wildman–Crippen MR) is 227 cm³/mol. The van der Waals surface area contributed by atoms with E-state index in [1.54, 1.807) is 0 Å². The van der Waals surface area contributed by atoms with Gasteiger partial charge >= 0.3 is 0 Å². The fourth-order valence-electron chi connectivity index (χ4n) is 8.07. The van der Waals surface area contributed by atoms with Gasteiger partial charge in [0.05, 0.1) is 0 Å². The van der Waals surface area contributed by atoms with Gasteiger partial charge in [0, 0.05) is 48.0 Å². The van der Waals surface area contributed by atoms with Crippen molar-refractivity contribution in [3.8, 4) is 22.3 Å². The van der Waals surface area contributed by atoms with E-state index < -0.39 is 0 Å². The minimum absolute atomic E-state index is 0.928. The average Bonchev–Trinajstić information content (AvgIpc) is 3.80. The maximum absolute atomic E-state index is 6.15. The standard InChI is InChI=1S/C50H31NOS/c1-2-9-38(10-3-1)51(39-24-19-32(20-25-39)42-13-8-14-44-43-11-5-7-16-48(43)53-50(42)44)40-26-21-34-29-33(17-18-36(34)31-40)35-22-27-41-37(30-35)23-28-47-49(41)45-12-4-6-15-46(45)52-47/h1-31H. The van der Waals surface area contributed by atoms with Gasteiger partial charge in [-0.1, -0.05) is 121 Å². The largest absolute Gasteiger partial charge is 0.456 e. The third-order valence-electron chi connectivity index (χ3n) is 10.6. The van der Waals surface area contributed by atoms with Crippen LogP contribution in [0.5, 0.6) is 0 Å². The summed E-state index contributed by atoms with van der Waals surface area (Å²) >= 11 is 1.88. The van der Waals surface area contributed by atoms with Crippen molar-refractivity contribution in [2.75, 3.05) is 4.90 Å². The lowest BCUT2D eigenvalue weighted by atomic mass is 9.96. The minimum Gasteiger partial charge on any atom is -0.456 e. The van der Waals surface area contributed by atoms with Gasteiger partial charge < -0.3 is 9.32 Å². The van der Waals surface area contributed by atoms with Gasteiger partial charge in [-0.05, 0) is 111 Å². The summed E-state index contributed by atoms with van der Waals surface area (Å²) < 4.78 is 8.81. The van der Waals surface area contributed by atoms with Crippen LogP contribution in [0.25, 0.3) is 85.9 Å². The van der Waals surface area contributed by atoms with Crippen molar-refractivity contribution in [1.82, 2.24) is 0 Å². The van der Waals surface area contributed by atoms with E-state index in [-0.39, 0.29) is 0 Å². The van der Waals surface area contributed by atoms with Crippen LogP contribution < -0.4 is 4.90 Å². The summed E-state index contributed by atoms with van der Waals surface area (Å²) in [6, 6.07) is 68.0. The summed E-state index contributed by atoms with van der Waals surface area (Å²) in [6.07, 6.45) is 0. The van der Waals surface area contributed by atoms with Gasteiger partial charge in [-0.2, -0.15) is 0 Å². The van der Waals surface area contributed by atoms with Crippen LogP contribution in [0.2, 0.25) is 0 Å². The Morgan fingerprint density at radius 3 is 1.91 bits per heavy atom. The highest BCUT2D eigenvalue weighted by atomic mass is 32.1. The van der Waals surface area contributed by atoms with Gasteiger partial charge in [0.15, 0.2) is 0 Å². The van der Waals surface area contributed by atoms with Gasteiger partial charge in [-0.3, -0.25) is 0 Å². The molecule has 11 aromatic rings. The van der Waals surface area contributed by atoms with Crippen LogP contribution in [-0.4, -0.2) is 0 Å². The van der Waals surface area contributed by atoms with E-state index in [1.807, 2.05) is 23.5 Å². The summed E-state index contributed by atoms with van der Waals surface area (Å²) in [7, 11) is 0. The molecule has 0 aliphatic heterocycles. The molecule has 0 N–H and O–H groups in total. The number of nitrogens with zero attached hydrogens (tertiary/aromatic N) is 1. The highest BCUT2D eigenvalue weighted by Crippen LogP contribution is 2.42. The van der Waals surface area contributed by atoms with E-state index in [0.29, 0.717) is 0 Å². The van der Waals surface area contributed by atoms with Crippen LogP contribution >= 0.6 is 11.3 Å². The second-order valence-electron chi connectivity index (χ2n) is 13.7. The fourth-order valence-corrected chi connectivity index (χ4v) is 9.31. The molecule has 0 saturated carbocycles. The summed E-state index contributed by atoms with van der Waals surface area (Å²) in [5, 5.41) is 9.83. The number of para-hydroxylation sites is 2. The van der Waals surface area contributed by atoms with E-state index in [0.717, 1.165) is 33.6 Å². The van der Waals surface area contributed by atoms with Gasteiger partial charge in [0.25, 0.3) is 0 Å². The Balaban J connectivity index is 0.956. The van der Waals surface area contributed by atoms with Gasteiger partial charge in [-0.25, -0.2) is 0 Å². The molecule has 0 aliphatic carbocycles. The lowest BCUT2D eigenvalue weighted by molar-refractivity contribution is 0.669. The normalized spacial score (nSPS) is 11.8. The van der Waals surface area contributed by atoms with Crippen molar-refractivity contribution < 1.29 is 4.42 Å². The Hall–Kier alpha value is -6.68. The monoisotopic (exact) mass is 693 g/mol. The number of anilines is 3. The predicted octanol–water partition coefficient (Wildman–Crippen LogP) is 15.1. The Morgan fingerprint density at radius 1 is 0.377 bits per heavy atom. The minimum atomic E-state index is 0.928. The third kappa shape index (κ3) is 4.93. The summed E-state index contributed by atoms with van der Waals surface area (Å²) in [5.41, 5.74) is 10.1. The number of hydrogen-bond acceptors (Lipinski definition) is 3. The fraction of sp³-hybridized carbons (Fsp3) is 0. The molecule has 248 valence electrons. The first-order valence-electron chi connectivity index (χ1n) is 18.0. The second kappa shape index (κ2) is 11.9. The van der Waals surface area contributed by atoms with Crippen molar-refractivity contribution >= 4 is 92.1 Å². The van der Waals surface area contributed by atoms with Crippen LogP contribution in [0, 0.1) is 0 Å². The topological polar surface area (TPSA) is 16.4 Å². The van der Waals surface area contributed by atoms with Gasteiger partial charge in [0.2, 0.25) is 0 Å². The molecule has 2 heterocycles. The van der Waals surface area contributed by atoms with Crippen LogP contribution in [0.4, 0.5) is 17.1 Å². The maximum Gasteiger partial charge on any atom is 0.136 e. The number of furan rings is 1. The zero-order valence-electron chi connectivity index (χ0n) is 28.7. The lowest BCUT2D eigenvalue weighted by Crippen LogP contribution is -2.09. The Kier molecular flexibility index (Phi) is 6.76. The van der Waals surface area contributed by atoms with E-state index in [1.165, 1.54) is 69.4 Å². The van der Waals surface area contributed by atoms with Crippen molar-refractivity contribution in [2.45, 2.75) is 0 Å². The smallest absolute Gasteiger partial charge is 0.136 e. The van der Waals surface area contributed by atoms with Crippen molar-refractivity contribution in [3.63, 3.8) is 0 Å². The molecule has 2 nitrogen and oxygen atoms in total. The average molecular weight is 694 g/mol. The van der Waals surface area contributed by atoms with Crippen LogP contribution in [0.15, 0.2) is 192 Å². The highest BCUT2D eigenvalue weighted by Gasteiger charge is 2.16. The molecule has 11 rings (SSSR count). The van der Waals surface area contributed by atoms with E-state index >= 15 is 0 Å². The molecule has 0 unspecified atom stereocenters. The zero-order chi connectivity index (χ0) is 34.9. The zero-order valence-corrected chi connectivity index (χ0v) is 29.5. The quantitative estimate of drug-likeness (QED) is 0.178. The number of fused-ring (bicyclic) bond motifs is 9. The molecule has 0 fully saturated rings. The van der Waals surface area contributed by atoms with Crippen LogP contribution in [0.3, 0.4) is 0 Å². The number of thiophene rings is 1. The van der Waals surface area contributed by atoms with Crippen molar-refractivity contribution in [3.05, 3.63) is 188 Å². The summed E-state index contributed by atoms with van der Waals surface area (Å²) in [5.74, 6) is 0. The molecular weight excluding hydrogens is 663 g/mol. The molecule has 0 aliphatic rings. The first kappa shape index (κ1) is 30.0. The number of hydrogen-bond donors (Lipinski definition) is 0. The van der Waals surface area contributed by atoms with E-state index in [9.17, 15) is 0 Å². The lowest BCUT2D eigenvalue weighted by Gasteiger charge is -2.26. The Morgan fingerprint density at radius 2 is 1.02 bits per heavy atom. The molecule has 9 aromatic carbocycles.